The number of guanidine groups is 1. The Hall–Kier alpha value is -0.810. The molecule has 4 N–H and O–H groups in total. The monoisotopic (exact) mass is 243 g/mol. The highest BCUT2D eigenvalue weighted by molar-refractivity contribution is 5.77. The van der Waals surface area contributed by atoms with E-state index in [0.29, 0.717) is 25.7 Å². The second-order valence-corrected chi connectivity index (χ2v) is 5.04. The summed E-state index contributed by atoms with van der Waals surface area (Å²) >= 11 is 0. The number of aliphatic imine (C=N–C) groups is 1. The average Bonchev–Trinajstić information content (AvgIpc) is 2.31. The van der Waals surface area contributed by atoms with Crippen LogP contribution in [0.4, 0.5) is 0 Å². The number of aliphatic hydroxyl groups is 1. The van der Waals surface area contributed by atoms with Crippen LogP contribution in [-0.2, 0) is 4.74 Å². The molecule has 0 bridgehead atoms. The van der Waals surface area contributed by atoms with Gasteiger partial charge in [0.15, 0.2) is 5.96 Å². The summed E-state index contributed by atoms with van der Waals surface area (Å²) in [6, 6.07) is 0. The van der Waals surface area contributed by atoms with Crippen LogP contribution in [0, 0.1) is 5.41 Å². The lowest BCUT2D eigenvalue weighted by Gasteiger charge is -2.37. The third-order valence-corrected chi connectivity index (χ3v) is 3.50. The molecule has 5 nitrogen and oxygen atoms in total. The van der Waals surface area contributed by atoms with E-state index in [1.807, 2.05) is 0 Å². The maximum absolute atomic E-state index is 10.0. The van der Waals surface area contributed by atoms with Gasteiger partial charge in [-0.05, 0) is 12.8 Å². The van der Waals surface area contributed by atoms with Crippen LogP contribution in [-0.4, -0.2) is 44.0 Å². The largest absolute Gasteiger partial charge is 0.392 e. The van der Waals surface area contributed by atoms with Crippen molar-refractivity contribution in [2.24, 2.45) is 16.1 Å². The lowest BCUT2D eigenvalue weighted by molar-refractivity contribution is 0.00719. The highest BCUT2D eigenvalue weighted by atomic mass is 16.5. The van der Waals surface area contributed by atoms with Gasteiger partial charge in [-0.1, -0.05) is 19.8 Å². The molecule has 1 aliphatic carbocycles. The van der Waals surface area contributed by atoms with E-state index >= 15 is 0 Å². The van der Waals surface area contributed by atoms with E-state index < -0.39 is 0 Å². The van der Waals surface area contributed by atoms with Gasteiger partial charge in [0.05, 0.1) is 19.3 Å². The van der Waals surface area contributed by atoms with E-state index in [-0.39, 0.29) is 11.5 Å². The van der Waals surface area contributed by atoms with Crippen molar-refractivity contribution in [2.75, 3.05) is 26.8 Å². The van der Waals surface area contributed by atoms with E-state index in [9.17, 15) is 5.11 Å². The number of hydrogen-bond acceptors (Lipinski definition) is 3. The van der Waals surface area contributed by atoms with E-state index in [2.05, 4.69) is 17.2 Å². The lowest BCUT2D eigenvalue weighted by Crippen LogP contribution is -2.40. The van der Waals surface area contributed by atoms with E-state index in [1.165, 1.54) is 6.42 Å². The van der Waals surface area contributed by atoms with Crippen LogP contribution in [0.3, 0.4) is 0 Å². The molecule has 0 aromatic rings. The SMILES string of the molecule is COCCNC(N)=NCC1(C)CCCCC1O. The lowest BCUT2D eigenvalue weighted by atomic mass is 9.73. The first-order chi connectivity index (χ1) is 8.08. The smallest absolute Gasteiger partial charge is 0.188 e. The van der Waals surface area contributed by atoms with Gasteiger partial charge in [-0.25, -0.2) is 0 Å². The van der Waals surface area contributed by atoms with Gasteiger partial charge in [0.25, 0.3) is 0 Å². The second kappa shape index (κ2) is 6.81. The summed E-state index contributed by atoms with van der Waals surface area (Å²) in [6.07, 6.45) is 3.92. The van der Waals surface area contributed by atoms with Gasteiger partial charge in [0.1, 0.15) is 0 Å². The molecular weight excluding hydrogens is 218 g/mol. The minimum atomic E-state index is -0.258. The predicted octanol–water partition coefficient (Wildman–Crippen LogP) is 0.478. The van der Waals surface area contributed by atoms with Crippen LogP contribution < -0.4 is 11.1 Å². The van der Waals surface area contributed by atoms with Crippen LogP contribution >= 0.6 is 0 Å². The summed E-state index contributed by atoms with van der Waals surface area (Å²) in [6.45, 7) is 3.93. The summed E-state index contributed by atoms with van der Waals surface area (Å²) in [7, 11) is 1.65. The molecule has 0 heterocycles. The number of aliphatic hydroxyl groups excluding tert-OH is 1. The Bertz CT molecular complexity index is 258. The molecule has 1 saturated carbocycles. The maximum Gasteiger partial charge on any atom is 0.188 e. The molecule has 0 aromatic carbocycles. The molecular formula is C12H25N3O2. The fourth-order valence-electron chi connectivity index (χ4n) is 2.17. The van der Waals surface area contributed by atoms with Crippen molar-refractivity contribution in [3.63, 3.8) is 0 Å². The van der Waals surface area contributed by atoms with Crippen LogP contribution in [0.2, 0.25) is 0 Å². The third-order valence-electron chi connectivity index (χ3n) is 3.50. The molecule has 0 spiro atoms. The van der Waals surface area contributed by atoms with Crippen molar-refractivity contribution in [3.8, 4) is 0 Å². The Labute approximate surface area is 103 Å². The van der Waals surface area contributed by atoms with Gasteiger partial charge in [-0.3, -0.25) is 4.99 Å². The van der Waals surface area contributed by atoms with Crippen molar-refractivity contribution < 1.29 is 9.84 Å². The highest BCUT2D eigenvalue weighted by Crippen LogP contribution is 2.36. The molecule has 0 saturated heterocycles. The molecule has 17 heavy (non-hydrogen) atoms. The summed E-state index contributed by atoms with van der Waals surface area (Å²) in [5.74, 6) is 0.432. The molecule has 2 atom stereocenters. The number of nitrogens with zero attached hydrogens (tertiary/aromatic N) is 1. The van der Waals surface area contributed by atoms with Crippen molar-refractivity contribution in [3.05, 3.63) is 0 Å². The molecule has 0 aliphatic heterocycles. The van der Waals surface area contributed by atoms with E-state index in [4.69, 9.17) is 10.5 Å². The molecule has 0 radical (unpaired) electrons. The summed E-state index contributed by atoms with van der Waals surface area (Å²) < 4.78 is 4.91. The quantitative estimate of drug-likeness (QED) is 0.373. The van der Waals surface area contributed by atoms with Crippen LogP contribution in [0.1, 0.15) is 32.6 Å². The van der Waals surface area contributed by atoms with Crippen LogP contribution in [0.15, 0.2) is 4.99 Å². The Kier molecular flexibility index (Phi) is 5.71. The van der Waals surface area contributed by atoms with Crippen molar-refractivity contribution >= 4 is 5.96 Å². The molecule has 0 aromatic heterocycles. The fraction of sp³-hybridized carbons (Fsp3) is 0.917. The number of methoxy groups -OCH3 is 1. The number of ether oxygens (including phenoxy) is 1. The van der Waals surface area contributed by atoms with E-state index in [1.54, 1.807) is 7.11 Å². The minimum Gasteiger partial charge on any atom is -0.392 e. The zero-order valence-electron chi connectivity index (χ0n) is 10.9. The number of nitrogens with one attached hydrogen (secondary N) is 1. The van der Waals surface area contributed by atoms with Gasteiger partial charge in [-0.2, -0.15) is 0 Å². The molecule has 100 valence electrons. The average molecular weight is 243 g/mol. The Balaban J connectivity index is 2.38. The van der Waals surface area contributed by atoms with Crippen LogP contribution in [0.25, 0.3) is 0 Å². The first kappa shape index (κ1) is 14.3. The fourth-order valence-corrected chi connectivity index (χ4v) is 2.17. The topological polar surface area (TPSA) is 79.9 Å². The zero-order valence-corrected chi connectivity index (χ0v) is 10.9. The first-order valence-electron chi connectivity index (χ1n) is 6.29. The van der Waals surface area contributed by atoms with Crippen LogP contribution in [0.5, 0.6) is 0 Å². The zero-order chi connectivity index (χ0) is 12.7. The van der Waals surface area contributed by atoms with Gasteiger partial charge < -0.3 is 20.9 Å². The Morgan fingerprint density at radius 3 is 3.00 bits per heavy atom. The van der Waals surface area contributed by atoms with Crippen molar-refractivity contribution in [1.29, 1.82) is 0 Å². The molecule has 1 fully saturated rings. The summed E-state index contributed by atoms with van der Waals surface area (Å²) in [4.78, 5) is 4.31. The minimum absolute atomic E-state index is 0.119. The number of hydrogen-bond donors (Lipinski definition) is 3. The number of rotatable bonds is 5. The number of nitrogens with two attached hydrogens (primary N) is 1. The summed E-state index contributed by atoms with van der Waals surface area (Å²) in [5.41, 5.74) is 5.62. The van der Waals surface area contributed by atoms with E-state index in [0.717, 1.165) is 19.3 Å². The maximum atomic E-state index is 10.0. The Morgan fingerprint density at radius 1 is 1.59 bits per heavy atom. The standard InChI is InChI=1S/C12H25N3O2/c1-12(6-4-3-5-10(12)16)9-15-11(13)14-7-8-17-2/h10,16H,3-9H2,1-2H3,(H3,13,14,15). The van der Waals surface area contributed by atoms with Crippen molar-refractivity contribution in [2.45, 2.75) is 38.7 Å². The first-order valence-corrected chi connectivity index (χ1v) is 6.29. The van der Waals surface area contributed by atoms with Gasteiger partial charge >= 0.3 is 0 Å². The molecule has 0 amide bonds. The van der Waals surface area contributed by atoms with Gasteiger partial charge in [0, 0.05) is 19.1 Å². The predicted molar refractivity (Wildman–Crippen MR) is 68.9 cm³/mol. The Morgan fingerprint density at radius 2 is 2.35 bits per heavy atom. The normalized spacial score (nSPS) is 30.3. The second-order valence-electron chi connectivity index (χ2n) is 5.04. The molecule has 5 heteroatoms. The highest BCUT2D eigenvalue weighted by Gasteiger charge is 2.35. The van der Waals surface area contributed by atoms with Crippen molar-refractivity contribution in [1.82, 2.24) is 5.32 Å². The van der Waals surface area contributed by atoms with Gasteiger partial charge in [-0.15, -0.1) is 0 Å². The van der Waals surface area contributed by atoms with Gasteiger partial charge in [0.2, 0.25) is 0 Å². The molecule has 1 rings (SSSR count). The third kappa shape index (κ3) is 4.52. The summed E-state index contributed by atoms with van der Waals surface area (Å²) in [5, 5.41) is 13.0. The molecule has 1 aliphatic rings. The molecule has 2 unspecified atom stereocenters.